The van der Waals surface area contributed by atoms with Gasteiger partial charge in [0.15, 0.2) is 0 Å². The lowest BCUT2D eigenvalue weighted by molar-refractivity contribution is 0.245. The molecule has 130 valence electrons. The molecule has 5 rings (SSSR count). The summed E-state index contributed by atoms with van der Waals surface area (Å²) >= 11 is 0. The lowest BCUT2D eigenvalue weighted by Gasteiger charge is -2.27. The largest absolute Gasteiger partial charge is 0.294 e. The first kappa shape index (κ1) is 15.2. The van der Waals surface area contributed by atoms with E-state index in [0.717, 1.165) is 65.2 Å². The Balaban J connectivity index is 1.41. The molecule has 0 amide bonds. The molecule has 0 atom stereocenters. The molecule has 2 aromatic carbocycles. The number of hydrogen-bond donors (Lipinski definition) is 1. The monoisotopic (exact) mass is 349 g/mol. The molecular formula is C19H16FN5O. The summed E-state index contributed by atoms with van der Waals surface area (Å²) in [6.07, 6.45) is 0.894. The highest BCUT2D eigenvalue weighted by Gasteiger charge is 2.23. The summed E-state index contributed by atoms with van der Waals surface area (Å²) in [5.41, 5.74) is 6.61. The number of fused-ring (bicyclic) bond motifs is 2. The lowest BCUT2D eigenvalue weighted by Crippen LogP contribution is -2.30. The van der Waals surface area contributed by atoms with E-state index in [1.807, 2.05) is 24.3 Å². The minimum Gasteiger partial charge on any atom is -0.294 e. The number of hydrogen-bond acceptors (Lipinski definition) is 5. The van der Waals surface area contributed by atoms with Crippen molar-refractivity contribution in [3.8, 4) is 11.3 Å². The second-order valence-corrected chi connectivity index (χ2v) is 6.59. The summed E-state index contributed by atoms with van der Waals surface area (Å²) in [5.74, 6) is -0.249. The molecule has 0 unspecified atom stereocenters. The van der Waals surface area contributed by atoms with Crippen LogP contribution in [-0.4, -0.2) is 32.0 Å². The van der Waals surface area contributed by atoms with Crippen LogP contribution in [0.2, 0.25) is 0 Å². The molecule has 1 aliphatic rings. The topological polar surface area (TPSA) is 70.8 Å². The Labute approximate surface area is 148 Å². The van der Waals surface area contributed by atoms with Gasteiger partial charge >= 0.3 is 0 Å². The highest BCUT2D eigenvalue weighted by Crippen LogP contribution is 2.29. The van der Waals surface area contributed by atoms with Gasteiger partial charge in [0.1, 0.15) is 16.9 Å². The van der Waals surface area contributed by atoms with E-state index in [4.69, 9.17) is 4.63 Å². The molecule has 0 bridgehead atoms. The third kappa shape index (κ3) is 2.66. The molecule has 7 heteroatoms. The van der Waals surface area contributed by atoms with Crippen LogP contribution in [0, 0.1) is 5.82 Å². The van der Waals surface area contributed by atoms with Gasteiger partial charge in [-0.3, -0.25) is 10.00 Å². The Morgan fingerprint density at radius 3 is 2.96 bits per heavy atom. The Kier molecular flexibility index (Phi) is 3.53. The van der Waals surface area contributed by atoms with Gasteiger partial charge < -0.3 is 0 Å². The van der Waals surface area contributed by atoms with Crippen LogP contribution >= 0.6 is 0 Å². The van der Waals surface area contributed by atoms with Gasteiger partial charge in [0.05, 0.1) is 5.69 Å². The van der Waals surface area contributed by atoms with Crippen LogP contribution in [0.5, 0.6) is 0 Å². The van der Waals surface area contributed by atoms with Gasteiger partial charge in [0, 0.05) is 42.9 Å². The first-order valence-corrected chi connectivity index (χ1v) is 8.52. The van der Waals surface area contributed by atoms with E-state index in [1.165, 1.54) is 12.1 Å². The van der Waals surface area contributed by atoms with Crippen molar-refractivity contribution in [2.75, 3.05) is 6.54 Å². The van der Waals surface area contributed by atoms with Gasteiger partial charge in [-0.15, -0.1) is 0 Å². The zero-order valence-corrected chi connectivity index (χ0v) is 13.9. The van der Waals surface area contributed by atoms with Crippen molar-refractivity contribution >= 4 is 11.0 Å². The second-order valence-electron chi connectivity index (χ2n) is 6.59. The fourth-order valence-corrected chi connectivity index (χ4v) is 3.54. The van der Waals surface area contributed by atoms with E-state index < -0.39 is 0 Å². The van der Waals surface area contributed by atoms with Crippen molar-refractivity contribution in [1.29, 1.82) is 0 Å². The normalized spacial score (nSPS) is 14.7. The molecule has 0 radical (unpaired) electrons. The maximum Gasteiger partial charge on any atom is 0.135 e. The maximum absolute atomic E-state index is 13.6. The Morgan fingerprint density at radius 2 is 2.04 bits per heavy atom. The van der Waals surface area contributed by atoms with Gasteiger partial charge in [0.2, 0.25) is 0 Å². The van der Waals surface area contributed by atoms with Crippen molar-refractivity contribution in [2.24, 2.45) is 0 Å². The molecule has 0 saturated carbocycles. The average Bonchev–Trinajstić information content (AvgIpc) is 3.27. The first-order valence-electron chi connectivity index (χ1n) is 8.52. The zero-order valence-electron chi connectivity index (χ0n) is 13.9. The minimum absolute atomic E-state index is 0.249. The third-order valence-corrected chi connectivity index (χ3v) is 4.83. The maximum atomic E-state index is 13.6. The number of benzene rings is 2. The molecule has 4 aromatic rings. The van der Waals surface area contributed by atoms with Crippen molar-refractivity contribution in [1.82, 2.24) is 25.4 Å². The van der Waals surface area contributed by atoms with Gasteiger partial charge in [-0.05, 0) is 40.1 Å². The summed E-state index contributed by atoms with van der Waals surface area (Å²) in [5, 5.41) is 15.3. The van der Waals surface area contributed by atoms with Crippen molar-refractivity contribution in [2.45, 2.75) is 19.5 Å². The standard InChI is InChI=1S/C19H16FN5O/c20-14-3-1-2-13(9-14)19-15-11-25(7-6-16(15)21-22-19)10-12-4-5-17-18(8-12)24-26-23-17/h1-5,8-9H,6-7,10-11H2,(H,21,22). The Morgan fingerprint density at radius 1 is 1.12 bits per heavy atom. The van der Waals surface area contributed by atoms with Crippen molar-refractivity contribution in [3.63, 3.8) is 0 Å². The van der Waals surface area contributed by atoms with Crippen LogP contribution in [0.4, 0.5) is 4.39 Å². The highest BCUT2D eigenvalue weighted by atomic mass is 19.1. The SMILES string of the molecule is Fc1cccc(-c2n[nH]c3c2CN(Cc2ccc4nonc4c2)CC3)c1. The van der Waals surface area contributed by atoms with E-state index in [-0.39, 0.29) is 5.82 Å². The molecule has 26 heavy (non-hydrogen) atoms. The number of rotatable bonds is 3. The molecule has 1 N–H and O–H groups in total. The lowest BCUT2D eigenvalue weighted by atomic mass is 10.0. The van der Waals surface area contributed by atoms with Crippen molar-refractivity contribution < 1.29 is 9.02 Å². The zero-order chi connectivity index (χ0) is 17.5. The Bertz CT molecular complexity index is 1090. The highest BCUT2D eigenvalue weighted by molar-refractivity contribution is 5.73. The van der Waals surface area contributed by atoms with Gasteiger partial charge in [-0.1, -0.05) is 18.2 Å². The molecule has 0 spiro atoms. The van der Waals surface area contributed by atoms with Crippen LogP contribution in [0.1, 0.15) is 16.8 Å². The summed E-state index contributed by atoms with van der Waals surface area (Å²) in [6, 6.07) is 12.6. The Hall–Kier alpha value is -3.06. The van der Waals surface area contributed by atoms with Crippen LogP contribution in [-0.2, 0) is 19.5 Å². The van der Waals surface area contributed by atoms with Gasteiger partial charge in [-0.25, -0.2) is 9.02 Å². The van der Waals surface area contributed by atoms with Crippen LogP contribution in [0.3, 0.4) is 0 Å². The number of aromatic amines is 1. The second kappa shape index (κ2) is 6.03. The predicted molar refractivity (Wildman–Crippen MR) is 93.6 cm³/mol. The number of nitrogens with one attached hydrogen (secondary N) is 1. The van der Waals surface area contributed by atoms with Crippen LogP contribution in [0.15, 0.2) is 47.1 Å². The van der Waals surface area contributed by atoms with Crippen LogP contribution in [0.25, 0.3) is 22.3 Å². The molecule has 0 fully saturated rings. The molecule has 6 nitrogen and oxygen atoms in total. The summed E-state index contributed by atoms with van der Waals surface area (Å²) < 4.78 is 18.4. The smallest absolute Gasteiger partial charge is 0.135 e. The van der Waals surface area contributed by atoms with E-state index >= 15 is 0 Å². The number of aromatic nitrogens is 4. The van der Waals surface area contributed by atoms with E-state index in [2.05, 4.69) is 25.4 Å². The minimum atomic E-state index is -0.249. The molecule has 3 heterocycles. The number of nitrogens with zero attached hydrogens (tertiary/aromatic N) is 4. The van der Waals surface area contributed by atoms with Crippen LogP contribution < -0.4 is 0 Å². The predicted octanol–water partition coefficient (Wildman–Crippen LogP) is 3.31. The first-order chi connectivity index (χ1) is 12.8. The van der Waals surface area contributed by atoms with Gasteiger partial charge in [0.25, 0.3) is 0 Å². The van der Waals surface area contributed by atoms with E-state index in [1.54, 1.807) is 6.07 Å². The fraction of sp³-hybridized carbons (Fsp3) is 0.211. The summed E-state index contributed by atoms with van der Waals surface area (Å²) in [4.78, 5) is 2.36. The van der Waals surface area contributed by atoms with Gasteiger partial charge in [-0.2, -0.15) is 5.10 Å². The van der Waals surface area contributed by atoms with E-state index in [0.29, 0.717) is 0 Å². The van der Waals surface area contributed by atoms with Crippen molar-refractivity contribution in [3.05, 3.63) is 65.1 Å². The van der Waals surface area contributed by atoms with E-state index in [9.17, 15) is 4.39 Å². The molecule has 0 aliphatic carbocycles. The number of H-pyrrole nitrogens is 1. The molecular weight excluding hydrogens is 333 g/mol. The summed E-state index contributed by atoms with van der Waals surface area (Å²) in [7, 11) is 0. The average molecular weight is 349 g/mol. The fourth-order valence-electron chi connectivity index (χ4n) is 3.54. The quantitative estimate of drug-likeness (QED) is 0.614. The molecule has 1 aliphatic heterocycles. The third-order valence-electron chi connectivity index (χ3n) is 4.83. The molecule has 2 aromatic heterocycles. The molecule has 0 saturated heterocycles. The summed E-state index contributed by atoms with van der Waals surface area (Å²) in [6.45, 7) is 2.51. The number of halogens is 1.